The number of nitrogens with zero attached hydrogens (tertiary/aromatic N) is 2. The van der Waals surface area contributed by atoms with Crippen LogP contribution in [0.1, 0.15) is 23.3 Å². The number of likely N-dealkylation sites (tertiary alicyclic amines) is 1. The molecule has 1 aromatic heterocycles. The summed E-state index contributed by atoms with van der Waals surface area (Å²) in [4.78, 5) is 37.0. The third-order valence-corrected chi connectivity index (χ3v) is 3.51. The van der Waals surface area contributed by atoms with Gasteiger partial charge in [-0.15, -0.1) is 0 Å². The van der Waals surface area contributed by atoms with E-state index in [0.29, 0.717) is 36.7 Å². The monoisotopic (exact) mass is 271 g/mol. The van der Waals surface area contributed by atoms with Gasteiger partial charge in [-0.25, -0.2) is 5.10 Å². The van der Waals surface area contributed by atoms with Crippen LogP contribution in [0.25, 0.3) is 10.8 Å². The Labute approximate surface area is 114 Å². The van der Waals surface area contributed by atoms with Crippen molar-refractivity contribution in [1.82, 2.24) is 15.1 Å². The third kappa shape index (κ3) is 2.09. The number of piperidine rings is 1. The quantitative estimate of drug-likeness (QED) is 0.828. The first-order chi connectivity index (χ1) is 9.66. The number of H-pyrrole nitrogens is 1. The zero-order valence-electron chi connectivity index (χ0n) is 10.8. The van der Waals surface area contributed by atoms with Gasteiger partial charge in [-0.2, -0.15) is 5.10 Å². The van der Waals surface area contributed by atoms with Gasteiger partial charge in [0.15, 0.2) is 5.69 Å². The summed E-state index contributed by atoms with van der Waals surface area (Å²) in [5, 5.41) is 7.22. The Hall–Kier alpha value is -2.50. The Kier molecular flexibility index (Phi) is 3.06. The first-order valence-corrected chi connectivity index (χ1v) is 6.45. The maximum absolute atomic E-state index is 12.5. The summed E-state index contributed by atoms with van der Waals surface area (Å²) in [7, 11) is 0. The molecule has 0 saturated carbocycles. The molecule has 6 nitrogen and oxygen atoms in total. The second-order valence-electron chi connectivity index (χ2n) is 4.78. The SMILES string of the molecule is O=C1CCN(C(=O)c2n[nH]c(=O)c3ccccc23)CC1. The largest absolute Gasteiger partial charge is 0.336 e. The van der Waals surface area contributed by atoms with Gasteiger partial charge in [-0.1, -0.05) is 18.2 Å². The van der Waals surface area contributed by atoms with E-state index in [1.807, 2.05) is 0 Å². The number of aromatic nitrogens is 2. The Morgan fingerprint density at radius 3 is 2.45 bits per heavy atom. The molecule has 2 heterocycles. The molecule has 2 aromatic rings. The first-order valence-electron chi connectivity index (χ1n) is 6.45. The minimum Gasteiger partial charge on any atom is -0.336 e. The molecule has 6 heteroatoms. The van der Waals surface area contributed by atoms with E-state index in [2.05, 4.69) is 10.2 Å². The number of ketones is 1. The lowest BCUT2D eigenvalue weighted by Crippen LogP contribution is -2.39. The van der Waals surface area contributed by atoms with Gasteiger partial charge < -0.3 is 4.90 Å². The lowest BCUT2D eigenvalue weighted by atomic mass is 10.1. The molecule has 0 aliphatic carbocycles. The van der Waals surface area contributed by atoms with E-state index < -0.39 is 0 Å². The van der Waals surface area contributed by atoms with Crippen LogP contribution in [0.2, 0.25) is 0 Å². The summed E-state index contributed by atoms with van der Waals surface area (Å²) >= 11 is 0. The number of carbonyl (C=O) groups excluding carboxylic acids is 2. The summed E-state index contributed by atoms with van der Waals surface area (Å²) < 4.78 is 0. The predicted octanol–water partition coefficient (Wildman–Crippen LogP) is 0.728. The molecule has 1 aliphatic rings. The second kappa shape index (κ2) is 4.88. The van der Waals surface area contributed by atoms with Crippen molar-refractivity contribution < 1.29 is 9.59 Å². The maximum atomic E-state index is 12.5. The van der Waals surface area contributed by atoms with Crippen LogP contribution in [-0.2, 0) is 4.79 Å². The van der Waals surface area contributed by atoms with Crippen molar-refractivity contribution in [1.29, 1.82) is 0 Å². The van der Waals surface area contributed by atoms with Gasteiger partial charge in [0.25, 0.3) is 11.5 Å². The van der Waals surface area contributed by atoms with E-state index in [4.69, 9.17) is 0 Å². The average Bonchev–Trinajstić information content (AvgIpc) is 2.48. The first kappa shape index (κ1) is 12.5. The molecule has 1 fully saturated rings. The predicted molar refractivity (Wildman–Crippen MR) is 72.5 cm³/mol. The molecule has 0 bridgehead atoms. The van der Waals surface area contributed by atoms with Crippen LogP contribution in [0, 0.1) is 0 Å². The molecule has 1 aromatic carbocycles. The van der Waals surface area contributed by atoms with Crippen LogP contribution in [0.4, 0.5) is 0 Å². The highest BCUT2D eigenvalue weighted by Crippen LogP contribution is 2.16. The fourth-order valence-electron chi connectivity index (χ4n) is 2.39. The zero-order valence-corrected chi connectivity index (χ0v) is 10.8. The number of carbonyl (C=O) groups is 2. The molecule has 20 heavy (non-hydrogen) atoms. The molecule has 0 radical (unpaired) electrons. The number of hydrogen-bond acceptors (Lipinski definition) is 4. The third-order valence-electron chi connectivity index (χ3n) is 3.51. The van der Waals surface area contributed by atoms with Crippen LogP contribution < -0.4 is 5.56 Å². The zero-order chi connectivity index (χ0) is 14.1. The van der Waals surface area contributed by atoms with Gasteiger partial charge in [0.1, 0.15) is 5.78 Å². The molecule has 102 valence electrons. The van der Waals surface area contributed by atoms with Crippen LogP contribution in [0.3, 0.4) is 0 Å². The van der Waals surface area contributed by atoms with E-state index in [9.17, 15) is 14.4 Å². The van der Waals surface area contributed by atoms with Crippen molar-refractivity contribution in [2.45, 2.75) is 12.8 Å². The number of fused-ring (bicyclic) bond motifs is 1. The number of Topliss-reactive ketones (excluding diaryl/α,β-unsaturated/α-hetero) is 1. The minimum absolute atomic E-state index is 0.174. The topological polar surface area (TPSA) is 83.1 Å². The number of amides is 1. The molecule has 3 rings (SSSR count). The highest BCUT2D eigenvalue weighted by molar-refractivity contribution is 6.05. The molecule has 1 N–H and O–H groups in total. The van der Waals surface area contributed by atoms with Gasteiger partial charge in [0.2, 0.25) is 0 Å². The summed E-state index contributed by atoms with van der Waals surface area (Å²) in [5.74, 6) is -0.0710. The Balaban J connectivity index is 2.02. The van der Waals surface area contributed by atoms with Gasteiger partial charge in [-0.05, 0) is 6.07 Å². The summed E-state index contributed by atoms with van der Waals surface area (Å²) in [5.41, 5.74) is -0.0829. The highest BCUT2D eigenvalue weighted by Gasteiger charge is 2.24. The lowest BCUT2D eigenvalue weighted by molar-refractivity contribution is -0.120. The van der Waals surface area contributed by atoms with Crippen molar-refractivity contribution in [3.8, 4) is 0 Å². The maximum Gasteiger partial charge on any atom is 0.274 e. The van der Waals surface area contributed by atoms with E-state index >= 15 is 0 Å². The molecular weight excluding hydrogens is 258 g/mol. The fraction of sp³-hybridized carbons (Fsp3) is 0.286. The molecular formula is C14H13N3O3. The standard InChI is InChI=1S/C14H13N3O3/c18-9-5-7-17(8-6-9)14(20)12-10-3-1-2-4-11(10)13(19)16-15-12/h1-4H,5-8H2,(H,16,19). The molecule has 1 saturated heterocycles. The van der Waals surface area contributed by atoms with Gasteiger partial charge in [-0.3, -0.25) is 14.4 Å². The molecule has 0 spiro atoms. The molecule has 0 atom stereocenters. The molecule has 0 unspecified atom stereocenters. The number of hydrogen-bond donors (Lipinski definition) is 1. The van der Waals surface area contributed by atoms with Crippen LogP contribution in [0.15, 0.2) is 29.1 Å². The highest BCUT2D eigenvalue weighted by atomic mass is 16.2. The van der Waals surface area contributed by atoms with Crippen LogP contribution in [-0.4, -0.2) is 39.9 Å². The fourth-order valence-corrected chi connectivity index (χ4v) is 2.39. The van der Waals surface area contributed by atoms with E-state index in [1.54, 1.807) is 29.2 Å². The summed E-state index contributed by atoms with van der Waals surface area (Å²) in [6.45, 7) is 0.819. The Morgan fingerprint density at radius 2 is 1.75 bits per heavy atom. The Bertz CT molecular complexity index is 741. The van der Waals surface area contributed by atoms with Crippen molar-refractivity contribution >= 4 is 22.5 Å². The van der Waals surface area contributed by atoms with Crippen molar-refractivity contribution in [2.75, 3.05) is 13.1 Å². The van der Waals surface area contributed by atoms with Crippen LogP contribution >= 0.6 is 0 Å². The van der Waals surface area contributed by atoms with Gasteiger partial charge in [0, 0.05) is 31.3 Å². The Morgan fingerprint density at radius 1 is 1.10 bits per heavy atom. The van der Waals surface area contributed by atoms with E-state index in [0.717, 1.165) is 0 Å². The van der Waals surface area contributed by atoms with E-state index in [1.165, 1.54) is 0 Å². The smallest absolute Gasteiger partial charge is 0.274 e. The second-order valence-corrected chi connectivity index (χ2v) is 4.78. The minimum atomic E-state index is -0.314. The number of aromatic amines is 1. The number of benzene rings is 1. The van der Waals surface area contributed by atoms with Crippen molar-refractivity contribution in [2.24, 2.45) is 0 Å². The number of rotatable bonds is 1. The molecule has 1 amide bonds. The van der Waals surface area contributed by atoms with Crippen molar-refractivity contribution in [3.63, 3.8) is 0 Å². The summed E-state index contributed by atoms with van der Waals surface area (Å²) in [6, 6.07) is 6.87. The van der Waals surface area contributed by atoms with Crippen LogP contribution in [0.5, 0.6) is 0 Å². The van der Waals surface area contributed by atoms with Gasteiger partial charge >= 0.3 is 0 Å². The normalized spacial score (nSPS) is 15.6. The summed E-state index contributed by atoms with van der Waals surface area (Å²) in [6.07, 6.45) is 0.764. The van der Waals surface area contributed by atoms with E-state index in [-0.39, 0.29) is 22.9 Å². The number of nitrogens with one attached hydrogen (secondary N) is 1. The van der Waals surface area contributed by atoms with Gasteiger partial charge in [0.05, 0.1) is 5.39 Å². The van der Waals surface area contributed by atoms with Crippen molar-refractivity contribution in [3.05, 3.63) is 40.3 Å². The lowest BCUT2D eigenvalue weighted by Gasteiger charge is -2.25. The molecule has 1 aliphatic heterocycles. The average molecular weight is 271 g/mol.